The summed E-state index contributed by atoms with van der Waals surface area (Å²) in [5.41, 5.74) is 2.13. The third-order valence-electron chi connectivity index (χ3n) is 4.13. The molecule has 1 aromatic carbocycles. The minimum Gasteiger partial charge on any atom is -0.438 e. The average molecular weight is 393 g/mol. The molecule has 1 aliphatic heterocycles. The van der Waals surface area contributed by atoms with Gasteiger partial charge in [-0.2, -0.15) is 0 Å². The first-order chi connectivity index (χ1) is 13.7. The first kappa shape index (κ1) is 18.1. The Kier molecular flexibility index (Phi) is 5.29. The number of anilines is 1. The van der Waals surface area contributed by atoms with Crippen molar-refractivity contribution in [3.63, 3.8) is 0 Å². The lowest BCUT2D eigenvalue weighted by molar-refractivity contribution is 0.101. The summed E-state index contributed by atoms with van der Waals surface area (Å²) in [7, 11) is 0. The van der Waals surface area contributed by atoms with E-state index in [1.54, 1.807) is 30.5 Å². The van der Waals surface area contributed by atoms with E-state index >= 15 is 0 Å². The van der Waals surface area contributed by atoms with Gasteiger partial charge >= 0.3 is 0 Å². The number of thiazole rings is 1. The maximum atomic E-state index is 11.6. The van der Waals surface area contributed by atoms with Crippen LogP contribution in [0.2, 0.25) is 0 Å². The molecule has 2 N–H and O–H groups in total. The third-order valence-corrected chi connectivity index (χ3v) is 4.89. The number of guanidine groups is 1. The predicted octanol–water partition coefficient (Wildman–Crippen LogP) is 3.96. The maximum absolute atomic E-state index is 11.6. The number of ketones is 1. The smallest absolute Gasteiger partial charge is 0.228 e. The number of hydrogen-bond acceptors (Lipinski definition) is 8. The van der Waals surface area contributed by atoms with Crippen molar-refractivity contribution in [2.45, 2.75) is 13.3 Å². The summed E-state index contributed by atoms with van der Waals surface area (Å²) in [6, 6.07) is 10.8. The van der Waals surface area contributed by atoms with Crippen LogP contribution in [0.4, 0.5) is 5.13 Å². The van der Waals surface area contributed by atoms with Gasteiger partial charge in [0, 0.05) is 30.2 Å². The molecule has 7 nitrogen and oxygen atoms in total. The number of nitrogens with zero attached hydrogens (tertiary/aromatic N) is 3. The lowest BCUT2D eigenvalue weighted by Gasteiger charge is -2.14. The van der Waals surface area contributed by atoms with Crippen LogP contribution >= 0.6 is 11.3 Å². The van der Waals surface area contributed by atoms with E-state index < -0.39 is 0 Å². The zero-order chi connectivity index (χ0) is 19.3. The normalized spacial score (nSPS) is 13.4. The fraction of sp³-hybridized carbons (Fsp3) is 0.200. The molecule has 3 aromatic rings. The number of benzene rings is 1. The van der Waals surface area contributed by atoms with Crippen LogP contribution in [0, 0.1) is 0 Å². The van der Waals surface area contributed by atoms with Gasteiger partial charge < -0.3 is 15.4 Å². The Labute approximate surface area is 166 Å². The number of rotatable bonds is 5. The van der Waals surface area contributed by atoms with E-state index in [-0.39, 0.29) is 5.78 Å². The zero-order valence-corrected chi connectivity index (χ0v) is 16.1. The lowest BCUT2D eigenvalue weighted by atomic mass is 10.1. The van der Waals surface area contributed by atoms with Crippen molar-refractivity contribution in [2.24, 2.45) is 4.99 Å². The molecular weight excluding hydrogens is 374 g/mol. The van der Waals surface area contributed by atoms with E-state index in [4.69, 9.17) is 4.74 Å². The summed E-state index contributed by atoms with van der Waals surface area (Å²) in [4.78, 5) is 25.0. The van der Waals surface area contributed by atoms with Gasteiger partial charge in [-0.1, -0.05) is 12.1 Å². The van der Waals surface area contributed by atoms with Crippen molar-refractivity contribution < 1.29 is 9.53 Å². The van der Waals surface area contributed by atoms with Gasteiger partial charge in [0.05, 0.1) is 11.3 Å². The SMILES string of the molecule is CC(=O)c1cccc(Oc2ncccc2-c2csc(NC3=NCCCN3)n2)c1. The summed E-state index contributed by atoms with van der Waals surface area (Å²) in [5, 5.41) is 9.12. The Balaban J connectivity index is 1.57. The van der Waals surface area contributed by atoms with Crippen LogP contribution in [0.1, 0.15) is 23.7 Å². The highest BCUT2D eigenvalue weighted by Crippen LogP contribution is 2.33. The zero-order valence-electron chi connectivity index (χ0n) is 15.3. The first-order valence-electron chi connectivity index (χ1n) is 8.94. The molecule has 0 spiro atoms. The number of hydrogen-bond donors (Lipinski definition) is 2. The topological polar surface area (TPSA) is 88.5 Å². The lowest BCUT2D eigenvalue weighted by Crippen LogP contribution is -2.35. The summed E-state index contributed by atoms with van der Waals surface area (Å²) in [5.74, 6) is 1.73. The predicted molar refractivity (Wildman–Crippen MR) is 110 cm³/mol. The van der Waals surface area contributed by atoms with Crippen molar-refractivity contribution in [1.82, 2.24) is 15.3 Å². The van der Waals surface area contributed by atoms with Gasteiger partial charge in [-0.3, -0.25) is 9.79 Å². The number of carbonyl (C=O) groups excluding carboxylic acids is 1. The number of Topliss-reactive ketones (excluding diaryl/α,β-unsaturated/α-hetero) is 1. The van der Waals surface area contributed by atoms with Gasteiger partial charge in [0.2, 0.25) is 5.88 Å². The summed E-state index contributed by atoms with van der Waals surface area (Å²) >= 11 is 1.49. The van der Waals surface area contributed by atoms with Gasteiger partial charge in [0.25, 0.3) is 0 Å². The average Bonchev–Trinajstić information content (AvgIpc) is 3.17. The molecule has 0 saturated heterocycles. The van der Waals surface area contributed by atoms with Crippen LogP contribution in [0.15, 0.2) is 53.0 Å². The molecule has 4 rings (SSSR count). The maximum Gasteiger partial charge on any atom is 0.228 e. The molecule has 0 fully saturated rings. The summed E-state index contributed by atoms with van der Waals surface area (Å²) in [6.45, 7) is 3.25. The van der Waals surface area contributed by atoms with E-state index in [1.807, 2.05) is 17.5 Å². The molecule has 0 bridgehead atoms. The Morgan fingerprint density at radius 3 is 3.04 bits per heavy atom. The van der Waals surface area contributed by atoms with Crippen molar-refractivity contribution >= 4 is 28.2 Å². The van der Waals surface area contributed by atoms with Crippen LogP contribution < -0.4 is 15.4 Å². The quantitative estimate of drug-likeness (QED) is 0.638. The molecule has 0 radical (unpaired) electrons. The fourth-order valence-electron chi connectivity index (χ4n) is 2.73. The Bertz CT molecular complexity index is 1030. The van der Waals surface area contributed by atoms with Crippen LogP contribution in [0.25, 0.3) is 11.3 Å². The molecule has 2 aromatic heterocycles. The highest BCUT2D eigenvalue weighted by atomic mass is 32.1. The van der Waals surface area contributed by atoms with Crippen molar-refractivity contribution in [1.29, 1.82) is 0 Å². The van der Waals surface area contributed by atoms with Crippen LogP contribution in [0.3, 0.4) is 0 Å². The van der Waals surface area contributed by atoms with E-state index in [1.165, 1.54) is 18.3 Å². The number of ether oxygens (including phenoxy) is 1. The summed E-state index contributed by atoms with van der Waals surface area (Å²) < 4.78 is 5.96. The monoisotopic (exact) mass is 393 g/mol. The minimum absolute atomic E-state index is 0.0128. The summed E-state index contributed by atoms with van der Waals surface area (Å²) in [6.07, 6.45) is 2.70. The van der Waals surface area contributed by atoms with Crippen LogP contribution in [-0.4, -0.2) is 34.8 Å². The molecule has 1 aliphatic rings. The second-order valence-electron chi connectivity index (χ2n) is 6.22. The van der Waals surface area contributed by atoms with Gasteiger partial charge in [0.1, 0.15) is 5.75 Å². The molecule has 0 amide bonds. The minimum atomic E-state index is -0.0128. The highest BCUT2D eigenvalue weighted by Gasteiger charge is 2.14. The Morgan fingerprint density at radius 2 is 2.21 bits per heavy atom. The van der Waals surface area contributed by atoms with Crippen LogP contribution in [-0.2, 0) is 0 Å². The third kappa shape index (κ3) is 4.17. The fourth-order valence-corrected chi connectivity index (χ4v) is 3.44. The van der Waals surface area contributed by atoms with Crippen molar-refractivity contribution in [2.75, 3.05) is 18.4 Å². The Hall–Kier alpha value is -3.26. The van der Waals surface area contributed by atoms with Gasteiger partial charge in [-0.05, 0) is 37.6 Å². The molecule has 0 aliphatic carbocycles. The van der Waals surface area contributed by atoms with Crippen LogP contribution in [0.5, 0.6) is 11.6 Å². The number of aromatic nitrogens is 2. The van der Waals surface area contributed by atoms with Gasteiger partial charge in [0.15, 0.2) is 16.9 Å². The second kappa shape index (κ2) is 8.18. The van der Waals surface area contributed by atoms with Crippen molar-refractivity contribution in [3.05, 3.63) is 53.5 Å². The molecule has 0 saturated carbocycles. The van der Waals surface area contributed by atoms with E-state index in [9.17, 15) is 4.79 Å². The van der Waals surface area contributed by atoms with Gasteiger partial charge in [-0.25, -0.2) is 9.97 Å². The molecule has 142 valence electrons. The number of aliphatic imine (C=N–C) groups is 1. The molecule has 28 heavy (non-hydrogen) atoms. The van der Waals surface area contributed by atoms with E-state index in [0.717, 1.165) is 41.9 Å². The molecular formula is C20H19N5O2S. The number of carbonyl (C=O) groups is 1. The molecule has 3 heterocycles. The number of pyridine rings is 1. The first-order valence-corrected chi connectivity index (χ1v) is 9.82. The highest BCUT2D eigenvalue weighted by molar-refractivity contribution is 7.14. The Morgan fingerprint density at radius 1 is 1.29 bits per heavy atom. The molecule has 0 unspecified atom stereocenters. The largest absolute Gasteiger partial charge is 0.438 e. The van der Waals surface area contributed by atoms with E-state index in [2.05, 4.69) is 25.6 Å². The molecule has 8 heteroatoms. The van der Waals surface area contributed by atoms with Gasteiger partial charge in [-0.15, -0.1) is 11.3 Å². The second-order valence-corrected chi connectivity index (χ2v) is 7.07. The standard InChI is InChI=1S/C20H19N5O2S/c1-13(26)14-5-2-6-15(11-14)27-18-16(7-3-8-21-18)17-12-28-20(24-17)25-19-22-9-4-10-23-19/h2-3,5-8,11-12H,4,9-10H2,1H3,(H2,22,23,24,25). The molecule has 0 atom stereocenters. The number of nitrogens with one attached hydrogen (secondary N) is 2. The van der Waals surface area contributed by atoms with Crippen molar-refractivity contribution in [3.8, 4) is 22.9 Å². The van der Waals surface area contributed by atoms with E-state index in [0.29, 0.717) is 17.2 Å².